The zero-order chi connectivity index (χ0) is 9.97. The Bertz CT molecular complexity index is 213. The van der Waals surface area contributed by atoms with Crippen LogP contribution in [0.25, 0.3) is 0 Å². The summed E-state index contributed by atoms with van der Waals surface area (Å²) in [6.45, 7) is 3.05. The molecule has 14 heavy (non-hydrogen) atoms. The highest BCUT2D eigenvalue weighted by atomic mass is 16.2. The average Bonchev–Trinajstić information content (AvgIpc) is 2.67. The number of nitrogens with zero attached hydrogens (tertiary/aromatic N) is 1. The number of nitrogens with two attached hydrogens (primary N) is 1. The molecule has 2 aliphatic heterocycles. The van der Waals surface area contributed by atoms with Gasteiger partial charge in [0, 0.05) is 12.6 Å². The highest BCUT2D eigenvalue weighted by molar-refractivity contribution is 5.72. The lowest BCUT2D eigenvalue weighted by Crippen LogP contribution is -2.45. The fraction of sp³-hybridized carbons (Fsp3) is 0.900. The first-order valence-corrected chi connectivity index (χ1v) is 5.56. The number of likely N-dealkylation sites (tertiary alicyclic amines) is 1. The van der Waals surface area contributed by atoms with Crippen molar-refractivity contribution in [1.29, 1.82) is 0 Å². The summed E-state index contributed by atoms with van der Waals surface area (Å²) in [5.41, 5.74) is 5.37. The van der Waals surface area contributed by atoms with Crippen molar-refractivity contribution < 1.29 is 4.79 Å². The second kappa shape index (κ2) is 4.17. The van der Waals surface area contributed by atoms with E-state index in [1.54, 1.807) is 0 Å². The Balaban J connectivity index is 1.97. The van der Waals surface area contributed by atoms with Gasteiger partial charge < -0.3 is 16.0 Å². The molecule has 1 atom stereocenters. The van der Waals surface area contributed by atoms with E-state index >= 15 is 0 Å². The molecule has 80 valence electrons. The SMILES string of the molecule is NC(=O)N1CCCC1C1CCNCC1. The van der Waals surface area contributed by atoms with E-state index < -0.39 is 0 Å². The van der Waals surface area contributed by atoms with Crippen LogP contribution in [0, 0.1) is 5.92 Å². The van der Waals surface area contributed by atoms with Crippen LogP contribution in [0.3, 0.4) is 0 Å². The predicted molar refractivity (Wildman–Crippen MR) is 54.9 cm³/mol. The molecule has 2 heterocycles. The number of rotatable bonds is 1. The van der Waals surface area contributed by atoms with E-state index in [0.29, 0.717) is 12.0 Å². The third-order valence-electron chi connectivity index (χ3n) is 3.51. The number of primary amides is 1. The lowest BCUT2D eigenvalue weighted by Gasteiger charge is -2.33. The van der Waals surface area contributed by atoms with Crippen LogP contribution in [0.15, 0.2) is 0 Å². The van der Waals surface area contributed by atoms with Crippen LogP contribution >= 0.6 is 0 Å². The van der Waals surface area contributed by atoms with Gasteiger partial charge in [-0.1, -0.05) is 0 Å². The minimum absolute atomic E-state index is 0.231. The third kappa shape index (κ3) is 1.85. The second-order valence-electron chi connectivity index (χ2n) is 4.33. The number of carbonyl (C=O) groups excluding carboxylic acids is 1. The van der Waals surface area contributed by atoms with E-state index in [-0.39, 0.29) is 6.03 Å². The smallest absolute Gasteiger partial charge is 0.315 e. The minimum atomic E-state index is -0.231. The zero-order valence-corrected chi connectivity index (χ0v) is 8.54. The molecule has 0 aromatic carbocycles. The Morgan fingerprint density at radius 3 is 2.64 bits per heavy atom. The van der Waals surface area contributed by atoms with Gasteiger partial charge in [-0.3, -0.25) is 0 Å². The maximum absolute atomic E-state index is 11.2. The quantitative estimate of drug-likeness (QED) is 0.644. The number of amides is 2. The van der Waals surface area contributed by atoms with E-state index in [1.165, 1.54) is 12.8 Å². The molecule has 0 saturated carbocycles. The van der Waals surface area contributed by atoms with Gasteiger partial charge in [0.05, 0.1) is 0 Å². The maximum Gasteiger partial charge on any atom is 0.315 e. The standard InChI is InChI=1S/C10H19N3O/c11-10(14)13-7-1-2-9(13)8-3-5-12-6-4-8/h8-9,12H,1-7H2,(H2,11,14). The summed E-state index contributed by atoms with van der Waals surface area (Å²) >= 11 is 0. The first-order valence-electron chi connectivity index (χ1n) is 5.56. The van der Waals surface area contributed by atoms with Crippen LogP contribution in [0.5, 0.6) is 0 Å². The second-order valence-corrected chi connectivity index (χ2v) is 4.33. The molecule has 4 heteroatoms. The molecule has 2 rings (SSSR count). The molecule has 2 amide bonds. The van der Waals surface area contributed by atoms with Crippen molar-refractivity contribution >= 4 is 6.03 Å². The molecule has 0 aromatic heterocycles. The summed E-state index contributed by atoms with van der Waals surface area (Å²) in [6, 6.07) is 0.195. The molecule has 4 nitrogen and oxygen atoms in total. The molecular formula is C10H19N3O. The Labute approximate surface area is 84.8 Å². The van der Waals surface area contributed by atoms with Crippen LogP contribution in [0.2, 0.25) is 0 Å². The van der Waals surface area contributed by atoms with E-state index in [1.807, 2.05) is 4.90 Å². The number of hydrogen-bond acceptors (Lipinski definition) is 2. The Morgan fingerprint density at radius 1 is 1.29 bits per heavy atom. The van der Waals surface area contributed by atoms with Crippen LogP contribution in [-0.4, -0.2) is 36.6 Å². The van der Waals surface area contributed by atoms with Crippen molar-refractivity contribution in [2.75, 3.05) is 19.6 Å². The van der Waals surface area contributed by atoms with E-state index in [4.69, 9.17) is 5.73 Å². The van der Waals surface area contributed by atoms with Gasteiger partial charge in [0.2, 0.25) is 0 Å². The minimum Gasteiger partial charge on any atom is -0.351 e. The third-order valence-corrected chi connectivity index (χ3v) is 3.51. The Hall–Kier alpha value is -0.770. The van der Waals surface area contributed by atoms with Gasteiger partial charge in [-0.25, -0.2) is 4.79 Å². The highest BCUT2D eigenvalue weighted by Gasteiger charge is 2.33. The summed E-state index contributed by atoms with van der Waals surface area (Å²) in [5.74, 6) is 0.672. The fourth-order valence-corrected chi connectivity index (χ4v) is 2.79. The van der Waals surface area contributed by atoms with Gasteiger partial charge >= 0.3 is 6.03 Å². The fourth-order valence-electron chi connectivity index (χ4n) is 2.79. The van der Waals surface area contributed by atoms with Gasteiger partial charge in [-0.05, 0) is 44.7 Å². The number of piperidine rings is 1. The van der Waals surface area contributed by atoms with Crippen LogP contribution < -0.4 is 11.1 Å². The summed E-state index contributed by atoms with van der Waals surface area (Å²) < 4.78 is 0. The Kier molecular flexibility index (Phi) is 2.91. The van der Waals surface area contributed by atoms with Gasteiger partial charge in [0.25, 0.3) is 0 Å². The number of nitrogens with one attached hydrogen (secondary N) is 1. The van der Waals surface area contributed by atoms with E-state index in [9.17, 15) is 4.79 Å². The maximum atomic E-state index is 11.2. The highest BCUT2D eigenvalue weighted by Crippen LogP contribution is 2.28. The molecule has 2 fully saturated rings. The van der Waals surface area contributed by atoms with Crippen LogP contribution in [-0.2, 0) is 0 Å². The zero-order valence-electron chi connectivity index (χ0n) is 8.54. The molecule has 2 aliphatic rings. The van der Waals surface area contributed by atoms with Crippen LogP contribution in [0.4, 0.5) is 4.79 Å². The van der Waals surface area contributed by atoms with Gasteiger partial charge in [-0.15, -0.1) is 0 Å². The van der Waals surface area contributed by atoms with Gasteiger partial charge in [0.1, 0.15) is 0 Å². The summed E-state index contributed by atoms with van der Waals surface area (Å²) in [6.07, 6.45) is 4.65. The number of urea groups is 1. The summed E-state index contributed by atoms with van der Waals surface area (Å²) in [7, 11) is 0. The van der Waals surface area contributed by atoms with Gasteiger partial charge in [-0.2, -0.15) is 0 Å². The largest absolute Gasteiger partial charge is 0.351 e. The monoisotopic (exact) mass is 197 g/mol. The molecule has 0 radical (unpaired) electrons. The molecule has 0 spiro atoms. The van der Waals surface area contributed by atoms with Crippen LogP contribution in [0.1, 0.15) is 25.7 Å². The molecule has 0 bridgehead atoms. The molecule has 1 unspecified atom stereocenters. The topological polar surface area (TPSA) is 58.4 Å². The number of carbonyl (C=O) groups is 1. The summed E-state index contributed by atoms with van der Waals surface area (Å²) in [5, 5.41) is 3.35. The first-order chi connectivity index (χ1) is 6.79. The van der Waals surface area contributed by atoms with Crippen molar-refractivity contribution in [3.8, 4) is 0 Å². The van der Waals surface area contributed by atoms with Crippen molar-refractivity contribution in [3.63, 3.8) is 0 Å². The Morgan fingerprint density at radius 2 is 2.00 bits per heavy atom. The molecule has 0 aromatic rings. The van der Waals surface area contributed by atoms with Crippen molar-refractivity contribution in [3.05, 3.63) is 0 Å². The molecular weight excluding hydrogens is 178 g/mol. The molecule has 3 N–H and O–H groups in total. The lowest BCUT2D eigenvalue weighted by atomic mass is 9.89. The van der Waals surface area contributed by atoms with E-state index in [0.717, 1.165) is 32.5 Å². The van der Waals surface area contributed by atoms with E-state index in [2.05, 4.69) is 5.32 Å². The lowest BCUT2D eigenvalue weighted by molar-refractivity contribution is 0.167. The van der Waals surface area contributed by atoms with Crippen molar-refractivity contribution in [2.24, 2.45) is 11.7 Å². The van der Waals surface area contributed by atoms with Crippen molar-refractivity contribution in [1.82, 2.24) is 10.2 Å². The van der Waals surface area contributed by atoms with Gasteiger partial charge in [0.15, 0.2) is 0 Å². The molecule has 0 aliphatic carbocycles. The first kappa shape index (κ1) is 9.77. The van der Waals surface area contributed by atoms with Crippen molar-refractivity contribution in [2.45, 2.75) is 31.7 Å². The molecule has 2 saturated heterocycles. The summed E-state index contributed by atoms with van der Waals surface area (Å²) in [4.78, 5) is 13.1. The normalized spacial score (nSPS) is 29.4. The number of hydrogen-bond donors (Lipinski definition) is 2. The average molecular weight is 197 g/mol. The predicted octanol–water partition coefficient (Wildman–Crippen LogP) is 0.529.